The average Bonchev–Trinajstić information content (AvgIpc) is 2.27. The number of carbonyl (C=O) groups is 2. The first-order valence-electron chi connectivity index (χ1n) is 6.71. The zero-order valence-corrected chi connectivity index (χ0v) is 12.3. The number of carbonyl (C=O) groups excluding carboxylic acids is 1. The van der Waals surface area contributed by atoms with Gasteiger partial charge in [-0.3, -0.25) is 4.79 Å². The number of carboxylic acids is 1. The van der Waals surface area contributed by atoms with E-state index in [4.69, 9.17) is 9.84 Å². The van der Waals surface area contributed by atoms with Crippen molar-refractivity contribution in [3.05, 3.63) is 0 Å². The monoisotopic (exact) mass is 274 g/mol. The molecule has 0 aromatic carbocycles. The minimum absolute atomic E-state index is 0.0457. The van der Waals surface area contributed by atoms with Gasteiger partial charge in [-0.1, -0.05) is 13.3 Å². The van der Waals surface area contributed by atoms with Gasteiger partial charge in [0.05, 0.1) is 19.1 Å². The van der Waals surface area contributed by atoms with Crippen LogP contribution in [0.5, 0.6) is 0 Å². The summed E-state index contributed by atoms with van der Waals surface area (Å²) in [5.74, 6) is -0.899. The fourth-order valence-corrected chi connectivity index (χ4v) is 1.60. The third-order valence-electron chi connectivity index (χ3n) is 2.61. The van der Waals surface area contributed by atoms with Gasteiger partial charge in [-0.05, 0) is 20.3 Å². The molecule has 6 nitrogen and oxygen atoms in total. The van der Waals surface area contributed by atoms with Crippen LogP contribution < -0.4 is 5.32 Å². The SMILES string of the molecule is CCCC(CC(=O)O)NC(=O)N(C)CCOC(C)C. The molecule has 0 fully saturated rings. The number of urea groups is 1. The van der Waals surface area contributed by atoms with E-state index in [9.17, 15) is 9.59 Å². The molecule has 0 spiro atoms. The van der Waals surface area contributed by atoms with Crippen molar-refractivity contribution in [3.63, 3.8) is 0 Å². The van der Waals surface area contributed by atoms with E-state index in [2.05, 4.69) is 5.32 Å². The van der Waals surface area contributed by atoms with E-state index in [-0.39, 0.29) is 24.6 Å². The molecule has 0 aliphatic heterocycles. The first-order valence-corrected chi connectivity index (χ1v) is 6.71. The number of aliphatic carboxylic acids is 1. The van der Waals surface area contributed by atoms with Gasteiger partial charge in [-0.25, -0.2) is 4.79 Å². The molecule has 0 bridgehead atoms. The molecule has 1 unspecified atom stereocenters. The zero-order chi connectivity index (χ0) is 14.8. The third-order valence-corrected chi connectivity index (χ3v) is 2.61. The number of hydrogen-bond donors (Lipinski definition) is 2. The lowest BCUT2D eigenvalue weighted by atomic mass is 10.1. The minimum Gasteiger partial charge on any atom is -0.481 e. The molecule has 0 heterocycles. The van der Waals surface area contributed by atoms with Crippen LogP contribution >= 0.6 is 0 Å². The van der Waals surface area contributed by atoms with Gasteiger partial charge in [-0.2, -0.15) is 0 Å². The molecule has 19 heavy (non-hydrogen) atoms. The summed E-state index contributed by atoms with van der Waals surface area (Å²) in [6.07, 6.45) is 1.58. The van der Waals surface area contributed by atoms with E-state index in [1.54, 1.807) is 7.05 Å². The molecule has 0 saturated carbocycles. The Hall–Kier alpha value is -1.30. The van der Waals surface area contributed by atoms with Gasteiger partial charge in [0, 0.05) is 19.6 Å². The smallest absolute Gasteiger partial charge is 0.317 e. The van der Waals surface area contributed by atoms with Gasteiger partial charge >= 0.3 is 12.0 Å². The normalized spacial score (nSPS) is 12.3. The average molecular weight is 274 g/mol. The van der Waals surface area contributed by atoms with E-state index in [0.29, 0.717) is 19.6 Å². The quantitative estimate of drug-likeness (QED) is 0.670. The Morgan fingerprint density at radius 1 is 1.37 bits per heavy atom. The lowest BCUT2D eigenvalue weighted by Gasteiger charge is -2.22. The van der Waals surface area contributed by atoms with Crippen LogP contribution in [0.25, 0.3) is 0 Å². The van der Waals surface area contributed by atoms with Crippen molar-refractivity contribution < 1.29 is 19.4 Å². The third kappa shape index (κ3) is 9.30. The number of nitrogens with zero attached hydrogens (tertiary/aromatic N) is 1. The molecule has 112 valence electrons. The van der Waals surface area contributed by atoms with Crippen LogP contribution in [0.1, 0.15) is 40.0 Å². The van der Waals surface area contributed by atoms with Crippen molar-refractivity contribution in [1.29, 1.82) is 0 Å². The highest BCUT2D eigenvalue weighted by Crippen LogP contribution is 2.03. The summed E-state index contributed by atoms with van der Waals surface area (Å²) in [6.45, 7) is 6.78. The van der Waals surface area contributed by atoms with Gasteiger partial charge in [0.2, 0.25) is 0 Å². The van der Waals surface area contributed by atoms with Crippen molar-refractivity contribution >= 4 is 12.0 Å². The summed E-state index contributed by atoms with van der Waals surface area (Å²) < 4.78 is 5.36. The Morgan fingerprint density at radius 3 is 2.47 bits per heavy atom. The Morgan fingerprint density at radius 2 is 2.00 bits per heavy atom. The van der Waals surface area contributed by atoms with Crippen LogP contribution in [0.2, 0.25) is 0 Å². The molecule has 2 N–H and O–H groups in total. The second kappa shape index (κ2) is 9.61. The fraction of sp³-hybridized carbons (Fsp3) is 0.846. The number of hydrogen-bond acceptors (Lipinski definition) is 3. The molecule has 1 atom stereocenters. The molecule has 0 aromatic rings. The van der Waals surface area contributed by atoms with Crippen molar-refractivity contribution in [1.82, 2.24) is 10.2 Å². The van der Waals surface area contributed by atoms with Crippen LogP contribution in [-0.4, -0.2) is 54.4 Å². The van der Waals surface area contributed by atoms with E-state index in [1.165, 1.54) is 4.90 Å². The van der Waals surface area contributed by atoms with Crippen molar-refractivity contribution in [3.8, 4) is 0 Å². The second-order valence-electron chi connectivity index (χ2n) is 4.87. The summed E-state index contributed by atoms with van der Waals surface area (Å²) in [7, 11) is 1.67. The molecular formula is C13H26N2O4. The predicted octanol–water partition coefficient (Wildman–Crippen LogP) is 1.70. The highest BCUT2D eigenvalue weighted by atomic mass is 16.5. The molecule has 0 radical (unpaired) electrons. The summed E-state index contributed by atoms with van der Waals surface area (Å²) in [6, 6.07) is -0.574. The van der Waals surface area contributed by atoms with Gasteiger partial charge in [-0.15, -0.1) is 0 Å². The first-order chi connectivity index (χ1) is 8.86. The van der Waals surface area contributed by atoms with Gasteiger partial charge in [0.15, 0.2) is 0 Å². The summed E-state index contributed by atoms with van der Waals surface area (Å²) >= 11 is 0. The summed E-state index contributed by atoms with van der Waals surface area (Å²) in [4.78, 5) is 24.1. The molecular weight excluding hydrogens is 248 g/mol. The molecule has 0 aliphatic carbocycles. The summed E-state index contributed by atoms with van der Waals surface area (Å²) in [5, 5.41) is 11.5. The minimum atomic E-state index is -0.899. The summed E-state index contributed by atoms with van der Waals surface area (Å²) in [5.41, 5.74) is 0. The number of rotatable bonds is 9. The maximum absolute atomic E-state index is 11.9. The van der Waals surface area contributed by atoms with E-state index < -0.39 is 5.97 Å². The Balaban J connectivity index is 4.11. The van der Waals surface area contributed by atoms with E-state index in [1.807, 2.05) is 20.8 Å². The van der Waals surface area contributed by atoms with Crippen molar-refractivity contribution in [2.24, 2.45) is 0 Å². The van der Waals surface area contributed by atoms with E-state index >= 15 is 0 Å². The fourth-order valence-electron chi connectivity index (χ4n) is 1.60. The van der Waals surface area contributed by atoms with Crippen LogP contribution in [0.3, 0.4) is 0 Å². The van der Waals surface area contributed by atoms with Crippen LogP contribution in [0.4, 0.5) is 4.79 Å². The van der Waals surface area contributed by atoms with Crippen LogP contribution in [0.15, 0.2) is 0 Å². The first kappa shape index (κ1) is 17.7. The molecule has 6 heteroatoms. The molecule has 2 amide bonds. The standard InChI is InChI=1S/C13H26N2O4/c1-5-6-11(9-12(16)17)14-13(18)15(4)7-8-19-10(2)3/h10-11H,5-9H2,1-4H3,(H,14,18)(H,16,17). The van der Waals surface area contributed by atoms with Crippen molar-refractivity contribution in [2.75, 3.05) is 20.2 Å². The van der Waals surface area contributed by atoms with Gasteiger partial charge in [0.1, 0.15) is 0 Å². The largest absolute Gasteiger partial charge is 0.481 e. The Bertz CT molecular complexity index is 282. The number of carboxylic acid groups (broad SMARTS) is 1. The number of likely N-dealkylation sites (N-methyl/N-ethyl adjacent to an activating group) is 1. The predicted molar refractivity (Wildman–Crippen MR) is 73.2 cm³/mol. The number of amides is 2. The molecule has 0 rings (SSSR count). The Labute approximate surface area is 115 Å². The molecule has 0 saturated heterocycles. The van der Waals surface area contributed by atoms with Gasteiger partial charge < -0.3 is 20.1 Å². The van der Waals surface area contributed by atoms with Crippen LogP contribution in [0, 0.1) is 0 Å². The topological polar surface area (TPSA) is 78.9 Å². The van der Waals surface area contributed by atoms with Crippen molar-refractivity contribution in [2.45, 2.75) is 52.2 Å². The highest BCUT2D eigenvalue weighted by molar-refractivity contribution is 5.75. The second-order valence-corrected chi connectivity index (χ2v) is 4.87. The lowest BCUT2D eigenvalue weighted by molar-refractivity contribution is -0.137. The molecule has 0 aliphatic rings. The van der Waals surface area contributed by atoms with Crippen LogP contribution in [-0.2, 0) is 9.53 Å². The van der Waals surface area contributed by atoms with Gasteiger partial charge in [0.25, 0.3) is 0 Å². The number of ether oxygens (including phenoxy) is 1. The Kier molecular flexibility index (Phi) is 8.95. The maximum Gasteiger partial charge on any atom is 0.317 e. The van der Waals surface area contributed by atoms with E-state index in [0.717, 1.165) is 6.42 Å². The molecule has 0 aromatic heterocycles. The highest BCUT2D eigenvalue weighted by Gasteiger charge is 2.17. The zero-order valence-electron chi connectivity index (χ0n) is 12.3. The number of nitrogens with one attached hydrogen (secondary N) is 1. The lowest BCUT2D eigenvalue weighted by Crippen LogP contribution is -2.45. The maximum atomic E-state index is 11.9.